The summed E-state index contributed by atoms with van der Waals surface area (Å²) < 4.78 is 0. The molecule has 0 aliphatic rings. The number of aromatic nitrogens is 2. The van der Waals surface area contributed by atoms with Crippen LogP contribution in [0.4, 0.5) is 5.13 Å². The van der Waals surface area contributed by atoms with Gasteiger partial charge < -0.3 is 5.32 Å². The highest BCUT2D eigenvalue weighted by atomic mass is 35.5. The Balaban J connectivity index is 2.49. The lowest BCUT2D eigenvalue weighted by Crippen LogP contribution is -2.24. The van der Waals surface area contributed by atoms with Gasteiger partial charge in [0.1, 0.15) is 5.01 Å². The summed E-state index contributed by atoms with van der Waals surface area (Å²) in [5.74, 6) is 1.09. The fraction of sp³-hybridized carbons (Fsp3) is 0.750. The van der Waals surface area contributed by atoms with E-state index in [1.165, 1.54) is 0 Å². The summed E-state index contributed by atoms with van der Waals surface area (Å²) in [6.07, 6.45) is 0. The Morgan fingerprint density at radius 1 is 1.46 bits per heavy atom. The lowest BCUT2D eigenvalue weighted by atomic mass is 10.1. The number of hydrogen-bond acceptors (Lipinski definition) is 4. The van der Waals surface area contributed by atoms with E-state index < -0.39 is 0 Å². The molecule has 1 aromatic rings. The summed E-state index contributed by atoms with van der Waals surface area (Å²) >= 11 is 7.31. The van der Waals surface area contributed by atoms with Crippen LogP contribution in [0.5, 0.6) is 0 Å². The van der Waals surface area contributed by atoms with Gasteiger partial charge in [-0.1, -0.05) is 18.3 Å². The van der Waals surface area contributed by atoms with E-state index >= 15 is 0 Å². The van der Waals surface area contributed by atoms with Crippen molar-refractivity contribution in [3.8, 4) is 0 Å². The van der Waals surface area contributed by atoms with Crippen LogP contribution in [0.15, 0.2) is 0 Å². The first kappa shape index (κ1) is 10.7. The van der Waals surface area contributed by atoms with E-state index in [0.29, 0.717) is 17.8 Å². The smallest absolute Gasteiger partial charge is 0.205 e. The van der Waals surface area contributed by atoms with Crippen LogP contribution in [-0.4, -0.2) is 22.1 Å². The highest BCUT2D eigenvalue weighted by Gasteiger charge is 2.12. The van der Waals surface area contributed by atoms with E-state index in [2.05, 4.69) is 29.4 Å². The molecule has 0 spiro atoms. The Morgan fingerprint density at radius 2 is 2.15 bits per heavy atom. The maximum absolute atomic E-state index is 5.75. The second-order valence-corrected chi connectivity index (χ2v) is 4.68. The summed E-state index contributed by atoms with van der Waals surface area (Å²) in [5.41, 5.74) is 0. The quantitative estimate of drug-likeness (QED) is 0.791. The van der Waals surface area contributed by atoms with Crippen molar-refractivity contribution >= 4 is 28.1 Å². The first-order valence-corrected chi connectivity index (χ1v) is 5.61. The van der Waals surface area contributed by atoms with Gasteiger partial charge in [0.2, 0.25) is 5.13 Å². The molecule has 0 saturated heterocycles. The molecule has 0 aromatic carbocycles. The third-order valence-corrected chi connectivity index (χ3v) is 3.23. The molecule has 2 unspecified atom stereocenters. The van der Waals surface area contributed by atoms with E-state index in [9.17, 15) is 0 Å². The fourth-order valence-corrected chi connectivity index (χ4v) is 1.78. The predicted octanol–water partition coefficient (Wildman–Crippen LogP) is 2.52. The molecule has 2 atom stereocenters. The van der Waals surface area contributed by atoms with E-state index in [1.54, 1.807) is 11.3 Å². The number of nitrogens with one attached hydrogen (secondary N) is 1. The molecule has 1 aromatic heterocycles. The maximum Gasteiger partial charge on any atom is 0.205 e. The Labute approximate surface area is 87.5 Å². The Morgan fingerprint density at radius 3 is 2.62 bits per heavy atom. The van der Waals surface area contributed by atoms with Crippen molar-refractivity contribution in [1.82, 2.24) is 10.2 Å². The molecule has 0 saturated carbocycles. The van der Waals surface area contributed by atoms with Gasteiger partial charge in [-0.05, 0) is 19.8 Å². The van der Waals surface area contributed by atoms with Gasteiger partial charge in [-0.3, -0.25) is 0 Å². The molecule has 5 heteroatoms. The molecular formula is C8H14ClN3S. The SMILES string of the molecule is Cc1nnc(NC(C)C(C)CCl)s1. The molecule has 1 heterocycles. The number of anilines is 1. The Hall–Kier alpha value is -0.350. The lowest BCUT2D eigenvalue weighted by molar-refractivity contribution is 0.565. The maximum atomic E-state index is 5.75. The van der Waals surface area contributed by atoms with Crippen molar-refractivity contribution < 1.29 is 0 Å². The molecule has 0 amide bonds. The van der Waals surface area contributed by atoms with Crippen LogP contribution in [0.3, 0.4) is 0 Å². The number of hydrogen-bond donors (Lipinski definition) is 1. The summed E-state index contributed by atoms with van der Waals surface area (Å²) in [6, 6.07) is 0.338. The molecule has 74 valence electrons. The van der Waals surface area contributed by atoms with Gasteiger partial charge in [0.05, 0.1) is 0 Å². The zero-order chi connectivity index (χ0) is 9.84. The normalized spacial score (nSPS) is 15.4. The molecule has 13 heavy (non-hydrogen) atoms. The van der Waals surface area contributed by atoms with Crippen LogP contribution in [-0.2, 0) is 0 Å². The molecule has 0 fully saturated rings. The highest BCUT2D eigenvalue weighted by Crippen LogP contribution is 2.17. The van der Waals surface area contributed by atoms with E-state index in [1.807, 2.05) is 6.92 Å². The monoisotopic (exact) mass is 219 g/mol. The van der Waals surface area contributed by atoms with Crippen molar-refractivity contribution in [2.45, 2.75) is 26.8 Å². The number of alkyl halides is 1. The van der Waals surface area contributed by atoms with Crippen LogP contribution in [0.1, 0.15) is 18.9 Å². The van der Waals surface area contributed by atoms with Crippen molar-refractivity contribution in [1.29, 1.82) is 0 Å². The Kier molecular flexibility index (Phi) is 3.93. The average Bonchev–Trinajstić information content (AvgIpc) is 2.49. The van der Waals surface area contributed by atoms with E-state index in [0.717, 1.165) is 10.1 Å². The number of rotatable bonds is 4. The minimum Gasteiger partial charge on any atom is -0.357 e. The molecular weight excluding hydrogens is 206 g/mol. The number of halogens is 1. The third kappa shape index (κ3) is 3.12. The average molecular weight is 220 g/mol. The van der Waals surface area contributed by atoms with Crippen LogP contribution in [0, 0.1) is 12.8 Å². The van der Waals surface area contributed by atoms with Gasteiger partial charge in [0, 0.05) is 11.9 Å². The minimum absolute atomic E-state index is 0.338. The van der Waals surface area contributed by atoms with Crippen molar-refractivity contribution in [2.24, 2.45) is 5.92 Å². The van der Waals surface area contributed by atoms with Gasteiger partial charge in [0.15, 0.2) is 0 Å². The van der Waals surface area contributed by atoms with Crippen molar-refractivity contribution in [3.63, 3.8) is 0 Å². The summed E-state index contributed by atoms with van der Waals surface area (Å²) in [5, 5.41) is 13.0. The topological polar surface area (TPSA) is 37.8 Å². The van der Waals surface area contributed by atoms with Gasteiger partial charge >= 0.3 is 0 Å². The molecule has 0 bridgehead atoms. The molecule has 0 aliphatic heterocycles. The van der Waals surface area contributed by atoms with Gasteiger partial charge in [-0.25, -0.2) is 0 Å². The highest BCUT2D eigenvalue weighted by molar-refractivity contribution is 7.15. The zero-order valence-corrected chi connectivity index (χ0v) is 9.61. The third-order valence-electron chi connectivity index (χ3n) is 1.97. The second-order valence-electron chi connectivity index (χ2n) is 3.19. The molecule has 0 radical (unpaired) electrons. The number of nitrogens with zero attached hydrogens (tertiary/aromatic N) is 2. The fourth-order valence-electron chi connectivity index (χ4n) is 0.826. The molecule has 1 rings (SSSR count). The van der Waals surface area contributed by atoms with Gasteiger partial charge in [-0.2, -0.15) is 0 Å². The predicted molar refractivity (Wildman–Crippen MR) is 57.6 cm³/mol. The Bertz CT molecular complexity index is 264. The van der Waals surface area contributed by atoms with Gasteiger partial charge in [0.25, 0.3) is 0 Å². The molecule has 1 N–H and O–H groups in total. The van der Waals surface area contributed by atoms with Crippen molar-refractivity contribution in [2.75, 3.05) is 11.2 Å². The van der Waals surface area contributed by atoms with Crippen LogP contribution >= 0.6 is 22.9 Å². The second kappa shape index (κ2) is 4.77. The summed E-state index contributed by atoms with van der Waals surface area (Å²) in [6.45, 7) is 6.15. The largest absolute Gasteiger partial charge is 0.357 e. The first-order valence-electron chi connectivity index (χ1n) is 4.26. The minimum atomic E-state index is 0.338. The lowest BCUT2D eigenvalue weighted by Gasteiger charge is -2.17. The molecule has 3 nitrogen and oxygen atoms in total. The van der Waals surface area contributed by atoms with E-state index in [-0.39, 0.29) is 0 Å². The summed E-state index contributed by atoms with van der Waals surface area (Å²) in [4.78, 5) is 0. The van der Waals surface area contributed by atoms with Crippen LogP contribution < -0.4 is 5.32 Å². The van der Waals surface area contributed by atoms with Crippen LogP contribution in [0.2, 0.25) is 0 Å². The number of aryl methyl sites for hydroxylation is 1. The van der Waals surface area contributed by atoms with Crippen LogP contribution in [0.25, 0.3) is 0 Å². The zero-order valence-electron chi connectivity index (χ0n) is 8.04. The van der Waals surface area contributed by atoms with E-state index in [4.69, 9.17) is 11.6 Å². The first-order chi connectivity index (χ1) is 6.13. The van der Waals surface area contributed by atoms with Gasteiger partial charge in [-0.15, -0.1) is 21.8 Å². The summed E-state index contributed by atoms with van der Waals surface area (Å²) in [7, 11) is 0. The van der Waals surface area contributed by atoms with Crippen molar-refractivity contribution in [3.05, 3.63) is 5.01 Å². The standard InChI is InChI=1S/C8H14ClN3S/c1-5(4-9)6(2)10-8-12-11-7(3)13-8/h5-6H,4H2,1-3H3,(H,10,12). The molecule has 0 aliphatic carbocycles.